The van der Waals surface area contributed by atoms with Gasteiger partial charge in [-0.2, -0.15) is 4.31 Å². The van der Waals surface area contributed by atoms with Crippen molar-refractivity contribution in [3.63, 3.8) is 0 Å². The van der Waals surface area contributed by atoms with E-state index in [2.05, 4.69) is 6.07 Å². The van der Waals surface area contributed by atoms with Crippen LogP contribution in [0.5, 0.6) is 0 Å². The summed E-state index contributed by atoms with van der Waals surface area (Å²) in [4.78, 5) is 24.9. The lowest BCUT2D eigenvalue weighted by Crippen LogP contribution is -2.58. The average Bonchev–Trinajstić information content (AvgIpc) is 2.72. The Morgan fingerprint density at radius 1 is 1.19 bits per heavy atom. The summed E-state index contributed by atoms with van der Waals surface area (Å²) in [5.74, 6) is 0.0344. The van der Waals surface area contributed by atoms with Gasteiger partial charge >= 0.3 is 0 Å². The molecule has 172 valence electrons. The number of carbonyl (C=O) groups is 1. The summed E-state index contributed by atoms with van der Waals surface area (Å²) >= 11 is 0. The molecule has 0 amide bonds. The van der Waals surface area contributed by atoms with Crippen molar-refractivity contribution in [2.75, 3.05) is 19.6 Å². The fourth-order valence-electron chi connectivity index (χ4n) is 4.37. The second-order valence-electron chi connectivity index (χ2n) is 8.45. The molecule has 8 nitrogen and oxygen atoms in total. The molecule has 1 fully saturated rings. The van der Waals surface area contributed by atoms with Crippen LogP contribution in [0.1, 0.15) is 30.5 Å². The van der Waals surface area contributed by atoms with Crippen LogP contribution in [0.3, 0.4) is 0 Å². The number of hydrogen-bond donors (Lipinski definition) is 0. The van der Waals surface area contributed by atoms with E-state index in [1.54, 1.807) is 13.8 Å². The van der Waals surface area contributed by atoms with Crippen LogP contribution in [0, 0.1) is 24.0 Å². The van der Waals surface area contributed by atoms with Crippen molar-refractivity contribution in [2.45, 2.75) is 51.1 Å². The van der Waals surface area contributed by atoms with Gasteiger partial charge in [0.25, 0.3) is 5.69 Å². The van der Waals surface area contributed by atoms with Crippen molar-refractivity contribution >= 4 is 21.5 Å². The zero-order chi connectivity index (χ0) is 23.6. The molecule has 0 aromatic heterocycles. The Bertz CT molecular complexity index is 1130. The van der Waals surface area contributed by atoms with Gasteiger partial charge in [-0.05, 0) is 51.3 Å². The minimum absolute atomic E-state index is 0.0344. The molecule has 2 aromatic carbocycles. The van der Waals surface area contributed by atoms with Gasteiger partial charge in [-0.3, -0.25) is 19.8 Å². The summed E-state index contributed by atoms with van der Waals surface area (Å²) in [7, 11) is -4.05. The number of carbonyl (C=O) groups excluding carboxylic acids is 1. The van der Waals surface area contributed by atoms with E-state index in [-0.39, 0.29) is 23.3 Å². The van der Waals surface area contributed by atoms with Crippen LogP contribution in [0.4, 0.5) is 5.69 Å². The van der Waals surface area contributed by atoms with Crippen molar-refractivity contribution in [3.8, 4) is 0 Å². The summed E-state index contributed by atoms with van der Waals surface area (Å²) in [6, 6.07) is 10.8. The van der Waals surface area contributed by atoms with E-state index in [0.717, 1.165) is 16.7 Å². The second-order valence-corrected chi connectivity index (χ2v) is 10.3. The lowest BCUT2D eigenvalue weighted by molar-refractivity contribution is -0.387. The van der Waals surface area contributed by atoms with E-state index < -0.39 is 26.7 Å². The molecule has 0 saturated carbocycles. The third-order valence-corrected chi connectivity index (χ3v) is 8.13. The van der Waals surface area contributed by atoms with Crippen LogP contribution >= 0.6 is 0 Å². The molecule has 0 unspecified atom stereocenters. The number of nitrogens with zero attached hydrogens (tertiary/aromatic N) is 3. The van der Waals surface area contributed by atoms with Crippen LogP contribution in [0.15, 0.2) is 47.4 Å². The third-order valence-electron chi connectivity index (χ3n) is 6.07. The molecule has 1 aliphatic rings. The number of piperazine rings is 1. The Morgan fingerprint density at radius 2 is 1.88 bits per heavy atom. The Balaban J connectivity index is 1.81. The molecule has 0 aliphatic carbocycles. The number of rotatable bonds is 7. The van der Waals surface area contributed by atoms with Gasteiger partial charge in [0.2, 0.25) is 10.0 Å². The molecule has 1 heterocycles. The summed E-state index contributed by atoms with van der Waals surface area (Å²) in [5, 5.41) is 11.3. The molecule has 1 saturated heterocycles. The second kappa shape index (κ2) is 9.48. The van der Waals surface area contributed by atoms with Crippen LogP contribution in [0.2, 0.25) is 0 Å². The van der Waals surface area contributed by atoms with Gasteiger partial charge in [-0.1, -0.05) is 35.9 Å². The van der Waals surface area contributed by atoms with E-state index in [1.165, 1.54) is 28.6 Å². The molecule has 0 N–H and O–H groups in total. The molecular formula is C23H29N3O5S. The van der Waals surface area contributed by atoms with Crippen molar-refractivity contribution in [3.05, 3.63) is 69.3 Å². The fraction of sp³-hybridized carbons (Fsp3) is 0.435. The van der Waals surface area contributed by atoms with Gasteiger partial charge in [0.05, 0.1) is 11.0 Å². The zero-order valence-electron chi connectivity index (χ0n) is 18.8. The SMILES string of the molecule is CC(=O)[C@H](Cc1ccc(C)cc1C)N1CCN(S(=O)(=O)c2ccccc2[N+](=O)[O-])[C@@H](C)C1. The summed E-state index contributed by atoms with van der Waals surface area (Å²) < 4.78 is 27.8. The highest BCUT2D eigenvalue weighted by Gasteiger charge is 2.39. The smallest absolute Gasteiger partial charge is 0.289 e. The van der Waals surface area contributed by atoms with E-state index >= 15 is 0 Å². The minimum Gasteiger partial charge on any atom is -0.298 e. The van der Waals surface area contributed by atoms with Gasteiger partial charge in [0, 0.05) is 31.7 Å². The molecule has 0 spiro atoms. The first-order chi connectivity index (χ1) is 15.0. The van der Waals surface area contributed by atoms with E-state index in [0.29, 0.717) is 19.5 Å². The molecule has 0 radical (unpaired) electrons. The first kappa shape index (κ1) is 24.0. The predicted molar refractivity (Wildman–Crippen MR) is 122 cm³/mol. The Hall–Kier alpha value is -2.62. The number of nitro groups is 1. The lowest BCUT2D eigenvalue weighted by atomic mass is 9.96. The van der Waals surface area contributed by atoms with E-state index in [9.17, 15) is 23.3 Å². The molecule has 0 bridgehead atoms. The Labute approximate surface area is 189 Å². The number of nitro benzene ring substituents is 1. The normalized spacial score (nSPS) is 18.9. The van der Waals surface area contributed by atoms with Crippen LogP contribution in [0.25, 0.3) is 0 Å². The van der Waals surface area contributed by atoms with Crippen molar-refractivity contribution in [1.82, 2.24) is 9.21 Å². The summed E-state index contributed by atoms with van der Waals surface area (Å²) in [6.07, 6.45) is 0.561. The van der Waals surface area contributed by atoms with E-state index in [1.807, 2.05) is 30.9 Å². The summed E-state index contributed by atoms with van der Waals surface area (Å²) in [6.45, 7) is 8.29. The van der Waals surface area contributed by atoms with Crippen LogP contribution in [-0.4, -0.2) is 60.0 Å². The number of hydrogen-bond acceptors (Lipinski definition) is 6. The highest BCUT2D eigenvalue weighted by Crippen LogP contribution is 2.29. The first-order valence-corrected chi connectivity index (χ1v) is 12.0. The average molecular weight is 460 g/mol. The third kappa shape index (κ3) is 4.90. The highest BCUT2D eigenvalue weighted by molar-refractivity contribution is 7.89. The van der Waals surface area contributed by atoms with Crippen molar-refractivity contribution in [1.29, 1.82) is 0 Å². The first-order valence-electron chi connectivity index (χ1n) is 10.6. The lowest BCUT2D eigenvalue weighted by Gasteiger charge is -2.41. The quantitative estimate of drug-likeness (QED) is 0.466. The molecule has 2 atom stereocenters. The van der Waals surface area contributed by atoms with E-state index in [4.69, 9.17) is 0 Å². The minimum atomic E-state index is -4.05. The number of sulfonamides is 1. The molecule has 3 rings (SSSR count). The topological polar surface area (TPSA) is 101 Å². The molecule has 1 aliphatic heterocycles. The van der Waals surface area contributed by atoms with Gasteiger partial charge in [0.1, 0.15) is 5.78 Å². The Morgan fingerprint density at radius 3 is 2.47 bits per heavy atom. The largest absolute Gasteiger partial charge is 0.298 e. The molecular weight excluding hydrogens is 430 g/mol. The van der Waals surface area contributed by atoms with Gasteiger partial charge in [-0.15, -0.1) is 0 Å². The summed E-state index contributed by atoms with van der Waals surface area (Å²) in [5.41, 5.74) is 2.95. The van der Waals surface area contributed by atoms with Crippen LogP contribution in [-0.2, 0) is 21.2 Å². The number of benzene rings is 2. The fourth-order valence-corrected chi connectivity index (χ4v) is 6.15. The number of aryl methyl sites for hydroxylation is 2. The molecule has 2 aromatic rings. The molecule has 32 heavy (non-hydrogen) atoms. The predicted octanol–water partition coefficient (Wildman–Crippen LogP) is 3.11. The number of para-hydroxylation sites is 1. The van der Waals surface area contributed by atoms with Crippen molar-refractivity contribution in [2.24, 2.45) is 0 Å². The Kier molecular flexibility index (Phi) is 7.12. The maximum absolute atomic E-state index is 13.2. The maximum atomic E-state index is 13.2. The highest BCUT2D eigenvalue weighted by atomic mass is 32.2. The van der Waals surface area contributed by atoms with Gasteiger partial charge in [-0.25, -0.2) is 8.42 Å². The van der Waals surface area contributed by atoms with Gasteiger partial charge in [0.15, 0.2) is 4.90 Å². The monoisotopic (exact) mass is 459 g/mol. The van der Waals surface area contributed by atoms with Crippen LogP contribution < -0.4 is 0 Å². The molecule has 9 heteroatoms. The zero-order valence-corrected chi connectivity index (χ0v) is 19.6. The number of ketones is 1. The van der Waals surface area contributed by atoms with Crippen molar-refractivity contribution < 1.29 is 18.1 Å². The standard InChI is InChI=1S/C23H29N3O5S/c1-16-9-10-20(17(2)13-16)14-22(19(4)27)24-11-12-25(18(3)15-24)32(30,31)23-8-6-5-7-21(23)26(28)29/h5-10,13,18,22H,11-12,14-15H2,1-4H3/t18-,22-/m0/s1. The maximum Gasteiger partial charge on any atom is 0.289 e. The number of Topliss-reactive ketones (excluding diaryl/α,β-unsaturated/α-hetero) is 1. The van der Waals surface area contributed by atoms with Gasteiger partial charge < -0.3 is 0 Å².